The summed E-state index contributed by atoms with van der Waals surface area (Å²) >= 11 is 0. The van der Waals surface area contributed by atoms with Crippen LogP contribution in [0.15, 0.2) is 71.4 Å². The van der Waals surface area contributed by atoms with E-state index in [1.165, 1.54) is 41.5 Å². The van der Waals surface area contributed by atoms with Crippen LogP contribution in [0.4, 0.5) is 0 Å². The zero-order valence-electron chi connectivity index (χ0n) is 15.3. The van der Waals surface area contributed by atoms with Crippen molar-refractivity contribution in [2.45, 2.75) is 59.8 Å². The highest BCUT2D eigenvalue weighted by atomic mass is 14.0. The molecule has 0 amide bonds. The average molecular weight is 309 g/mol. The van der Waals surface area contributed by atoms with Crippen molar-refractivity contribution in [1.82, 2.24) is 0 Å². The summed E-state index contributed by atoms with van der Waals surface area (Å²) in [7, 11) is 0. The molecular weight excluding hydrogens is 276 g/mol. The highest BCUT2D eigenvalue weighted by Gasteiger charge is 1.91. The van der Waals surface area contributed by atoms with Gasteiger partial charge in [-0.15, -0.1) is 0 Å². The van der Waals surface area contributed by atoms with Gasteiger partial charge >= 0.3 is 0 Å². The first-order valence-corrected chi connectivity index (χ1v) is 8.74. The fourth-order valence-electron chi connectivity index (χ4n) is 2.38. The fraction of sp³-hybridized carbons (Fsp3) is 0.391. The molecule has 0 fully saturated rings. The minimum Gasteiger partial charge on any atom is -0.0856 e. The Labute approximate surface area is 143 Å². The van der Waals surface area contributed by atoms with E-state index in [1.807, 2.05) is 0 Å². The molecule has 0 heteroatoms. The van der Waals surface area contributed by atoms with Crippen LogP contribution in [0.1, 0.15) is 65.4 Å². The molecule has 0 nitrogen and oxygen atoms in total. The second kappa shape index (κ2) is 11.7. The number of allylic oxidation sites excluding steroid dienone is 7. The molecule has 124 valence electrons. The number of rotatable bonds is 9. The van der Waals surface area contributed by atoms with Gasteiger partial charge in [-0.2, -0.15) is 0 Å². The molecule has 0 unspecified atom stereocenters. The van der Waals surface area contributed by atoms with Gasteiger partial charge in [-0.25, -0.2) is 0 Å². The van der Waals surface area contributed by atoms with Gasteiger partial charge in [0.25, 0.3) is 0 Å². The molecule has 1 aromatic rings. The molecule has 0 aliphatic carbocycles. The number of benzene rings is 1. The quantitative estimate of drug-likeness (QED) is 0.414. The van der Waals surface area contributed by atoms with Gasteiger partial charge < -0.3 is 0 Å². The maximum atomic E-state index is 2.40. The van der Waals surface area contributed by atoms with Crippen LogP contribution in [0.2, 0.25) is 0 Å². The van der Waals surface area contributed by atoms with E-state index in [0.717, 1.165) is 12.8 Å². The highest BCUT2D eigenvalue weighted by molar-refractivity contribution is 5.48. The third kappa shape index (κ3) is 10.5. The monoisotopic (exact) mass is 308 g/mol. The van der Waals surface area contributed by atoms with E-state index in [2.05, 4.69) is 88.4 Å². The van der Waals surface area contributed by atoms with Crippen LogP contribution in [0.25, 0.3) is 6.08 Å². The molecule has 0 atom stereocenters. The highest BCUT2D eigenvalue weighted by Crippen LogP contribution is 2.12. The van der Waals surface area contributed by atoms with E-state index in [9.17, 15) is 0 Å². The van der Waals surface area contributed by atoms with Crippen molar-refractivity contribution in [2.24, 2.45) is 0 Å². The van der Waals surface area contributed by atoms with Crippen molar-refractivity contribution < 1.29 is 0 Å². The van der Waals surface area contributed by atoms with Crippen LogP contribution < -0.4 is 0 Å². The van der Waals surface area contributed by atoms with Crippen molar-refractivity contribution in [3.63, 3.8) is 0 Å². The molecule has 0 bridgehead atoms. The van der Waals surface area contributed by atoms with Gasteiger partial charge in [-0.3, -0.25) is 0 Å². The maximum absolute atomic E-state index is 2.40. The summed E-state index contributed by atoms with van der Waals surface area (Å²) in [5, 5.41) is 0. The summed E-state index contributed by atoms with van der Waals surface area (Å²) < 4.78 is 0. The first kappa shape index (κ1) is 19.2. The molecule has 0 radical (unpaired) electrons. The second-order valence-electron chi connectivity index (χ2n) is 6.51. The Balaban J connectivity index is 2.26. The first-order chi connectivity index (χ1) is 11.1. The van der Waals surface area contributed by atoms with Crippen LogP contribution in [-0.2, 0) is 0 Å². The zero-order valence-corrected chi connectivity index (χ0v) is 15.3. The van der Waals surface area contributed by atoms with Crippen LogP contribution in [-0.4, -0.2) is 0 Å². The van der Waals surface area contributed by atoms with Crippen LogP contribution in [0.5, 0.6) is 0 Å². The van der Waals surface area contributed by atoms with E-state index in [-0.39, 0.29) is 0 Å². The van der Waals surface area contributed by atoms with E-state index in [1.54, 1.807) is 0 Å². The lowest BCUT2D eigenvalue weighted by molar-refractivity contribution is 0.915. The van der Waals surface area contributed by atoms with Crippen molar-refractivity contribution in [1.29, 1.82) is 0 Å². The molecule has 0 aliphatic rings. The Morgan fingerprint density at radius 1 is 0.783 bits per heavy atom. The Hall–Kier alpha value is -1.82. The molecule has 1 rings (SSSR count). The van der Waals surface area contributed by atoms with Crippen LogP contribution in [0, 0.1) is 0 Å². The molecule has 23 heavy (non-hydrogen) atoms. The molecule has 0 N–H and O–H groups in total. The van der Waals surface area contributed by atoms with Gasteiger partial charge in [0.1, 0.15) is 0 Å². The summed E-state index contributed by atoms with van der Waals surface area (Å²) in [4.78, 5) is 0. The van der Waals surface area contributed by atoms with E-state index in [0.29, 0.717) is 0 Å². The fourth-order valence-corrected chi connectivity index (χ4v) is 2.38. The summed E-state index contributed by atoms with van der Waals surface area (Å²) in [6.45, 7) is 8.82. The van der Waals surface area contributed by atoms with Gasteiger partial charge in [0.15, 0.2) is 0 Å². The second-order valence-corrected chi connectivity index (χ2v) is 6.51. The molecule has 0 saturated heterocycles. The third-order valence-corrected chi connectivity index (χ3v) is 3.84. The zero-order chi connectivity index (χ0) is 16.9. The van der Waals surface area contributed by atoms with Gasteiger partial charge in [0, 0.05) is 0 Å². The Morgan fingerprint density at radius 3 is 2.04 bits per heavy atom. The smallest absolute Gasteiger partial charge is 0.0163 e. The molecule has 0 aliphatic heterocycles. The standard InChI is InChI=1S/C23H32/c1-20(2)12-10-14-22(4)16-11-15-21(3)13-8-9-19-23-17-6-5-7-18-23/h5-7,9,12-13,16-19H,8,10-11,14-15H2,1-4H3/b19-9+,21-13+,22-16+. The molecule has 1 aromatic carbocycles. The average Bonchev–Trinajstić information content (AvgIpc) is 2.52. The third-order valence-electron chi connectivity index (χ3n) is 3.84. The molecule has 0 heterocycles. The van der Waals surface area contributed by atoms with Gasteiger partial charge in [-0.1, -0.05) is 77.4 Å². The summed E-state index contributed by atoms with van der Waals surface area (Å²) in [5.74, 6) is 0. The van der Waals surface area contributed by atoms with Crippen LogP contribution >= 0.6 is 0 Å². The van der Waals surface area contributed by atoms with Crippen molar-refractivity contribution >= 4 is 6.08 Å². The summed E-state index contributed by atoms with van der Waals surface area (Å²) in [5.41, 5.74) is 5.68. The summed E-state index contributed by atoms with van der Waals surface area (Å²) in [6.07, 6.45) is 17.2. The van der Waals surface area contributed by atoms with Crippen molar-refractivity contribution in [3.8, 4) is 0 Å². The van der Waals surface area contributed by atoms with Crippen molar-refractivity contribution in [2.75, 3.05) is 0 Å². The SMILES string of the molecule is CC(C)=CCC/C(C)=C/CC/C(C)=C/C/C=C/c1ccccc1. The minimum absolute atomic E-state index is 1.02. The molecule has 0 aromatic heterocycles. The minimum atomic E-state index is 1.02. The molecule has 0 spiro atoms. The molecular formula is C23H32. The predicted octanol–water partition coefficient (Wildman–Crippen LogP) is 7.51. The topological polar surface area (TPSA) is 0 Å². The van der Waals surface area contributed by atoms with E-state index >= 15 is 0 Å². The normalized spacial score (nSPS) is 12.7. The number of hydrogen-bond donors (Lipinski definition) is 0. The summed E-state index contributed by atoms with van der Waals surface area (Å²) in [6, 6.07) is 10.5. The largest absolute Gasteiger partial charge is 0.0856 e. The lowest BCUT2D eigenvalue weighted by atomic mass is 10.1. The van der Waals surface area contributed by atoms with E-state index < -0.39 is 0 Å². The van der Waals surface area contributed by atoms with E-state index in [4.69, 9.17) is 0 Å². The Bertz CT molecular complexity index is 549. The number of hydrogen-bond acceptors (Lipinski definition) is 0. The Kier molecular flexibility index (Phi) is 9.79. The maximum Gasteiger partial charge on any atom is -0.0163 e. The van der Waals surface area contributed by atoms with Crippen molar-refractivity contribution in [3.05, 3.63) is 76.9 Å². The van der Waals surface area contributed by atoms with Gasteiger partial charge in [0.2, 0.25) is 0 Å². The molecule has 0 saturated carbocycles. The van der Waals surface area contributed by atoms with Crippen LogP contribution in [0.3, 0.4) is 0 Å². The Morgan fingerprint density at radius 2 is 1.39 bits per heavy atom. The van der Waals surface area contributed by atoms with Gasteiger partial charge in [0.05, 0.1) is 0 Å². The lowest BCUT2D eigenvalue weighted by Gasteiger charge is -2.01. The van der Waals surface area contributed by atoms with Gasteiger partial charge in [-0.05, 0) is 65.4 Å². The predicted molar refractivity (Wildman–Crippen MR) is 106 cm³/mol. The first-order valence-electron chi connectivity index (χ1n) is 8.74. The lowest BCUT2D eigenvalue weighted by Crippen LogP contribution is -1.80.